The van der Waals surface area contributed by atoms with Crippen LogP contribution >= 0.6 is 15.9 Å². The highest BCUT2D eigenvalue weighted by Gasteiger charge is 2.49. The summed E-state index contributed by atoms with van der Waals surface area (Å²) in [5.74, 6) is -1.67. The number of carbonyl (C=O) groups excluding carboxylic acids is 3. The average molecular weight is 353 g/mol. The molecule has 20 heavy (non-hydrogen) atoms. The van der Waals surface area contributed by atoms with Crippen LogP contribution in [0.25, 0.3) is 0 Å². The van der Waals surface area contributed by atoms with Crippen LogP contribution in [0.5, 0.6) is 0 Å². The fourth-order valence-corrected chi connectivity index (χ4v) is 2.70. The van der Waals surface area contributed by atoms with Crippen LogP contribution in [0.4, 0.5) is 0 Å². The van der Waals surface area contributed by atoms with Gasteiger partial charge in [-0.1, -0.05) is 15.9 Å². The van der Waals surface area contributed by atoms with Crippen LogP contribution < -0.4 is 0 Å². The van der Waals surface area contributed by atoms with Gasteiger partial charge in [-0.3, -0.25) is 14.4 Å². The van der Waals surface area contributed by atoms with E-state index < -0.39 is 47.3 Å². The summed E-state index contributed by atoms with van der Waals surface area (Å²) in [5, 5.41) is -0.669. The van der Waals surface area contributed by atoms with Gasteiger partial charge in [0, 0.05) is 20.8 Å². The van der Waals surface area contributed by atoms with Gasteiger partial charge >= 0.3 is 17.9 Å². The summed E-state index contributed by atoms with van der Waals surface area (Å²) in [7, 11) is 0. The Labute approximate surface area is 125 Å². The molecule has 114 valence electrons. The van der Waals surface area contributed by atoms with Gasteiger partial charge in [-0.15, -0.1) is 0 Å². The number of halogens is 1. The maximum absolute atomic E-state index is 11.2. The van der Waals surface area contributed by atoms with Gasteiger partial charge in [-0.25, -0.2) is 0 Å². The van der Waals surface area contributed by atoms with E-state index in [-0.39, 0.29) is 0 Å². The number of carbonyl (C=O) groups is 3. The third-order valence-corrected chi connectivity index (χ3v) is 3.36. The molecule has 5 atom stereocenters. The molecule has 0 aliphatic carbocycles. The highest BCUT2D eigenvalue weighted by Crippen LogP contribution is 2.31. The molecule has 0 spiro atoms. The van der Waals surface area contributed by atoms with E-state index in [2.05, 4.69) is 15.9 Å². The van der Waals surface area contributed by atoms with E-state index >= 15 is 0 Å². The molecular weight excluding hydrogens is 336 g/mol. The number of esters is 3. The van der Waals surface area contributed by atoms with Gasteiger partial charge in [0.1, 0.15) is 0 Å². The Morgan fingerprint density at radius 3 is 1.70 bits per heavy atom. The maximum Gasteiger partial charge on any atom is 0.303 e. The van der Waals surface area contributed by atoms with Gasteiger partial charge in [0.15, 0.2) is 23.3 Å². The largest absolute Gasteiger partial charge is 0.456 e. The van der Waals surface area contributed by atoms with Crippen LogP contribution in [0.1, 0.15) is 27.7 Å². The van der Waals surface area contributed by atoms with Crippen LogP contribution in [0.2, 0.25) is 0 Å². The van der Waals surface area contributed by atoms with Crippen molar-refractivity contribution in [3.8, 4) is 0 Å². The van der Waals surface area contributed by atoms with Crippen LogP contribution in [-0.4, -0.2) is 47.3 Å². The molecule has 0 aromatic heterocycles. The zero-order valence-corrected chi connectivity index (χ0v) is 13.2. The van der Waals surface area contributed by atoms with E-state index in [1.165, 1.54) is 20.8 Å². The third-order valence-electron chi connectivity index (χ3n) is 2.62. The summed E-state index contributed by atoms with van der Waals surface area (Å²) in [6.45, 7) is 5.35. The van der Waals surface area contributed by atoms with Crippen LogP contribution in [-0.2, 0) is 33.3 Å². The molecule has 0 aromatic carbocycles. The minimum atomic E-state index is -0.937. The van der Waals surface area contributed by atoms with E-state index in [0.717, 1.165) is 0 Å². The fraction of sp³-hybridized carbons (Fsp3) is 0.750. The summed E-state index contributed by atoms with van der Waals surface area (Å²) in [5.41, 5.74) is 0. The van der Waals surface area contributed by atoms with Crippen LogP contribution in [0.3, 0.4) is 0 Å². The van der Waals surface area contributed by atoms with Crippen molar-refractivity contribution in [2.24, 2.45) is 0 Å². The van der Waals surface area contributed by atoms with Crippen molar-refractivity contribution in [3.63, 3.8) is 0 Å². The predicted octanol–water partition coefficient (Wildman–Crippen LogP) is 0.921. The highest BCUT2D eigenvalue weighted by molar-refractivity contribution is 9.09. The molecule has 0 radical (unpaired) electrons. The molecule has 1 saturated heterocycles. The lowest BCUT2D eigenvalue weighted by atomic mass is 10.00. The first-order valence-corrected chi connectivity index (χ1v) is 6.95. The second-order valence-corrected chi connectivity index (χ2v) is 5.32. The average Bonchev–Trinajstić information content (AvgIpc) is 2.27. The van der Waals surface area contributed by atoms with Crippen molar-refractivity contribution in [1.29, 1.82) is 0 Å². The van der Waals surface area contributed by atoms with Gasteiger partial charge in [0.05, 0.1) is 6.10 Å². The smallest absolute Gasteiger partial charge is 0.303 e. The number of hydrogen-bond acceptors (Lipinski definition) is 7. The van der Waals surface area contributed by atoms with Gasteiger partial charge in [-0.2, -0.15) is 0 Å². The van der Waals surface area contributed by atoms with E-state index in [9.17, 15) is 14.4 Å². The lowest BCUT2D eigenvalue weighted by molar-refractivity contribution is -0.227. The second-order valence-electron chi connectivity index (χ2n) is 4.41. The van der Waals surface area contributed by atoms with Crippen LogP contribution in [0.15, 0.2) is 0 Å². The lowest BCUT2D eigenvalue weighted by Gasteiger charge is -2.41. The number of alkyl halides is 1. The molecule has 1 fully saturated rings. The van der Waals surface area contributed by atoms with E-state index in [4.69, 9.17) is 18.9 Å². The number of ether oxygens (including phenoxy) is 4. The summed E-state index contributed by atoms with van der Waals surface area (Å²) >= 11 is 3.22. The molecule has 0 bridgehead atoms. The Morgan fingerprint density at radius 1 is 0.850 bits per heavy atom. The Balaban J connectivity index is 3.01. The first-order valence-electron chi connectivity index (χ1n) is 6.03. The summed E-state index contributed by atoms with van der Waals surface area (Å²) < 4.78 is 20.9. The molecule has 1 heterocycles. The molecular formula is C12H17BrO7. The number of hydrogen-bond donors (Lipinski definition) is 0. The van der Waals surface area contributed by atoms with Crippen molar-refractivity contribution in [3.05, 3.63) is 0 Å². The fourth-order valence-electron chi connectivity index (χ4n) is 1.96. The molecule has 1 aliphatic heterocycles. The van der Waals surface area contributed by atoms with Gasteiger partial charge in [0.2, 0.25) is 0 Å². The lowest BCUT2D eigenvalue weighted by Crippen LogP contribution is -2.59. The molecule has 0 amide bonds. The van der Waals surface area contributed by atoms with Crippen molar-refractivity contribution in [2.75, 3.05) is 0 Å². The minimum absolute atomic E-state index is 0.528. The Kier molecular flexibility index (Phi) is 5.94. The molecule has 0 aromatic rings. The van der Waals surface area contributed by atoms with E-state index in [1.54, 1.807) is 6.92 Å². The predicted molar refractivity (Wildman–Crippen MR) is 69.9 cm³/mol. The molecule has 0 N–H and O–H groups in total. The number of rotatable bonds is 3. The van der Waals surface area contributed by atoms with Crippen molar-refractivity contribution in [2.45, 2.75) is 57.1 Å². The zero-order valence-electron chi connectivity index (χ0n) is 11.6. The third kappa shape index (κ3) is 4.45. The molecule has 8 heteroatoms. The van der Waals surface area contributed by atoms with Gasteiger partial charge in [-0.05, 0) is 6.92 Å². The zero-order chi connectivity index (χ0) is 15.4. The maximum atomic E-state index is 11.2. The van der Waals surface area contributed by atoms with Crippen molar-refractivity contribution >= 4 is 33.8 Å². The van der Waals surface area contributed by atoms with Gasteiger partial charge < -0.3 is 18.9 Å². The SMILES string of the molecule is CC(=O)OC1C(Br)OC(C)[C@@H](OC(C)=O)[C@@H]1OC(C)=O. The van der Waals surface area contributed by atoms with Crippen molar-refractivity contribution < 1.29 is 33.3 Å². The first-order chi connectivity index (χ1) is 9.22. The summed E-state index contributed by atoms with van der Waals surface area (Å²) in [6, 6.07) is 0. The Bertz CT molecular complexity index is 369. The van der Waals surface area contributed by atoms with E-state index in [1.807, 2.05) is 0 Å². The van der Waals surface area contributed by atoms with Gasteiger partial charge in [0.25, 0.3) is 0 Å². The standard InChI is InChI=1S/C12H17BrO7/c1-5-9(18-6(2)14)10(19-7(3)15)11(12(13)17-5)20-8(4)16/h5,9-12H,1-4H3/t5?,9-,10+,11?,12?/m1/s1. The summed E-state index contributed by atoms with van der Waals surface area (Å²) in [6.07, 6.45) is -3.22. The Hall–Kier alpha value is -1.15. The van der Waals surface area contributed by atoms with Crippen molar-refractivity contribution in [1.82, 2.24) is 0 Å². The molecule has 0 saturated carbocycles. The monoisotopic (exact) mass is 352 g/mol. The molecule has 7 nitrogen and oxygen atoms in total. The quantitative estimate of drug-likeness (QED) is 0.424. The summed E-state index contributed by atoms with van der Waals surface area (Å²) in [4.78, 5) is 33.5. The molecule has 1 rings (SSSR count). The highest BCUT2D eigenvalue weighted by atomic mass is 79.9. The topological polar surface area (TPSA) is 88.1 Å². The Morgan fingerprint density at radius 2 is 1.25 bits per heavy atom. The first kappa shape index (κ1) is 16.9. The second kappa shape index (κ2) is 7.03. The minimum Gasteiger partial charge on any atom is -0.456 e. The molecule has 1 aliphatic rings. The van der Waals surface area contributed by atoms with Crippen LogP contribution in [0, 0.1) is 0 Å². The normalized spacial score (nSPS) is 33.1. The molecule has 3 unspecified atom stereocenters. The van der Waals surface area contributed by atoms with E-state index in [0.29, 0.717) is 0 Å².